The third-order valence-electron chi connectivity index (χ3n) is 2.78. The Bertz CT molecular complexity index is 485. The van der Waals surface area contributed by atoms with Crippen LogP contribution in [-0.2, 0) is 10.0 Å². The average molecular weight is 340 g/mol. The Morgan fingerprint density at radius 1 is 1.41 bits per heavy atom. The highest BCUT2D eigenvalue weighted by atomic mass is 79.9. The van der Waals surface area contributed by atoms with Crippen LogP contribution in [0.25, 0.3) is 0 Å². The van der Waals surface area contributed by atoms with Crippen molar-refractivity contribution in [2.45, 2.75) is 42.0 Å². The molecule has 1 fully saturated rings. The normalized spacial score (nSPS) is 26.0. The van der Waals surface area contributed by atoms with Crippen LogP contribution in [0.1, 0.15) is 25.7 Å². The topological polar surface area (TPSA) is 66.4 Å². The number of hydrogen-bond acceptors (Lipinski definition) is 4. The molecular formula is C10H14BrNO3S2. The number of thiophene rings is 1. The van der Waals surface area contributed by atoms with E-state index in [9.17, 15) is 13.5 Å². The predicted molar refractivity (Wildman–Crippen MR) is 70.6 cm³/mol. The van der Waals surface area contributed by atoms with Gasteiger partial charge in [-0.2, -0.15) is 0 Å². The van der Waals surface area contributed by atoms with Crippen molar-refractivity contribution >= 4 is 37.3 Å². The van der Waals surface area contributed by atoms with E-state index in [1.54, 1.807) is 12.1 Å². The Morgan fingerprint density at radius 2 is 2.18 bits per heavy atom. The van der Waals surface area contributed by atoms with Crippen molar-refractivity contribution < 1.29 is 13.5 Å². The standard InChI is InChI=1S/C10H14BrNO3S2/c11-9-4-5-10(16-9)17(14,15)12-7-2-1-3-8(13)6-7/h4-5,7-8,12-13H,1-3,6H2. The van der Waals surface area contributed by atoms with Gasteiger partial charge in [0.1, 0.15) is 4.21 Å². The van der Waals surface area contributed by atoms with Gasteiger partial charge in [0, 0.05) is 6.04 Å². The molecule has 0 bridgehead atoms. The molecule has 1 aromatic rings. The summed E-state index contributed by atoms with van der Waals surface area (Å²) in [6, 6.07) is 3.15. The second kappa shape index (κ2) is 5.36. The van der Waals surface area contributed by atoms with Gasteiger partial charge in [0.15, 0.2) is 0 Å². The van der Waals surface area contributed by atoms with Crippen LogP contribution >= 0.6 is 27.3 Å². The maximum absolute atomic E-state index is 12.0. The van der Waals surface area contributed by atoms with E-state index in [2.05, 4.69) is 20.7 Å². The Morgan fingerprint density at radius 3 is 2.76 bits per heavy atom. The Balaban J connectivity index is 2.07. The predicted octanol–water partition coefficient (Wildman–Crippen LogP) is 2.09. The maximum atomic E-state index is 12.0. The summed E-state index contributed by atoms with van der Waals surface area (Å²) in [6.07, 6.45) is 2.55. The zero-order chi connectivity index (χ0) is 12.5. The third-order valence-corrected chi connectivity index (χ3v) is 6.42. The lowest BCUT2D eigenvalue weighted by Crippen LogP contribution is -2.39. The van der Waals surface area contributed by atoms with Crippen LogP contribution in [0.15, 0.2) is 20.1 Å². The van der Waals surface area contributed by atoms with Crippen LogP contribution < -0.4 is 4.72 Å². The summed E-state index contributed by atoms with van der Waals surface area (Å²) in [7, 11) is -3.44. The van der Waals surface area contributed by atoms with Crippen LogP contribution in [0.5, 0.6) is 0 Å². The molecule has 2 atom stereocenters. The van der Waals surface area contributed by atoms with Crippen LogP contribution in [0, 0.1) is 0 Å². The second-order valence-electron chi connectivity index (χ2n) is 4.20. The molecule has 96 valence electrons. The van der Waals surface area contributed by atoms with Crippen molar-refractivity contribution in [2.24, 2.45) is 0 Å². The first-order chi connectivity index (χ1) is 7.97. The molecule has 1 aliphatic rings. The number of nitrogens with one attached hydrogen (secondary N) is 1. The molecule has 0 radical (unpaired) electrons. The van der Waals surface area contributed by atoms with Gasteiger partial charge < -0.3 is 5.11 Å². The average Bonchev–Trinajstić information content (AvgIpc) is 2.65. The molecule has 17 heavy (non-hydrogen) atoms. The van der Waals surface area contributed by atoms with Gasteiger partial charge in [-0.25, -0.2) is 13.1 Å². The van der Waals surface area contributed by atoms with E-state index in [1.165, 1.54) is 11.3 Å². The van der Waals surface area contributed by atoms with Crippen molar-refractivity contribution in [3.05, 3.63) is 15.9 Å². The Kier molecular flexibility index (Phi) is 4.25. The fraction of sp³-hybridized carbons (Fsp3) is 0.600. The lowest BCUT2D eigenvalue weighted by molar-refractivity contribution is 0.117. The highest BCUT2D eigenvalue weighted by molar-refractivity contribution is 9.11. The number of halogens is 1. The molecule has 4 nitrogen and oxygen atoms in total. The summed E-state index contributed by atoms with van der Waals surface area (Å²) in [5, 5.41) is 9.51. The smallest absolute Gasteiger partial charge is 0.250 e. The lowest BCUT2D eigenvalue weighted by atomic mass is 9.94. The van der Waals surface area contributed by atoms with Crippen molar-refractivity contribution in [1.82, 2.24) is 4.72 Å². The zero-order valence-corrected chi connectivity index (χ0v) is 12.3. The molecule has 2 rings (SSSR count). The van der Waals surface area contributed by atoms with Crippen molar-refractivity contribution in [3.8, 4) is 0 Å². The minimum absolute atomic E-state index is 0.148. The van der Waals surface area contributed by atoms with E-state index in [1.807, 2.05) is 0 Å². The summed E-state index contributed by atoms with van der Waals surface area (Å²) in [6.45, 7) is 0. The van der Waals surface area contributed by atoms with Gasteiger partial charge in [0.05, 0.1) is 9.89 Å². The molecule has 0 aromatic carbocycles. The van der Waals surface area contributed by atoms with E-state index in [0.29, 0.717) is 10.6 Å². The molecule has 0 saturated heterocycles. The van der Waals surface area contributed by atoms with Gasteiger partial charge in [0.2, 0.25) is 10.0 Å². The summed E-state index contributed by atoms with van der Waals surface area (Å²) in [5.41, 5.74) is 0. The number of aliphatic hydroxyl groups excluding tert-OH is 1. The zero-order valence-electron chi connectivity index (χ0n) is 9.10. The molecule has 1 heterocycles. The second-order valence-corrected chi connectivity index (χ2v) is 8.60. The molecule has 2 unspecified atom stereocenters. The summed E-state index contributed by atoms with van der Waals surface area (Å²) in [4.78, 5) is 0. The van der Waals surface area contributed by atoms with E-state index in [-0.39, 0.29) is 12.1 Å². The molecular weight excluding hydrogens is 326 g/mol. The van der Waals surface area contributed by atoms with Gasteiger partial charge in [-0.15, -0.1) is 11.3 Å². The third kappa shape index (κ3) is 3.51. The lowest BCUT2D eigenvalue weighted by Gasteiger charge is -2.26. The molecule has 7 heteroatoms. The number of sulfonamides is 1. The van der Waals surface area contributed by atoms with Crippen LogP contribution in [0.3, 0.4) is 0 Å². The largest absolute Gasteiger partial charge is 0.393 e. The van der Waals surface area contributed by atoms with Gasteiger partial charge in [-0.05, 0) is 53.7 Å². The number of aliphatic hydroxyl groups is 1. The Hall–Kier alpha value is 0.0500. The van der Waals surface area contributed by atoms with E-state index in [0.717, 1.165) is 23.0 Å². The SMILES string of the molecule is O=S(=O)(NC1CCCC(O)C1)c1ccc(Br)s1. The summed E-state index contributed by atoms with van der Waals surface area (Å²) >= 11 is 4.43. The van der Waals surface area contributed by atoms with Crippen LogP contribution in [0.4, 0.5) is 0 Å². The fourth-order valence-corrected chi connectivity index (χ4v) is 5.30. The van der Waals surface area contributed by atoms with Gasteiger partial charge >= 0.3 is 0 Å². The van der Waals surface area contributed by atoms with Gasteiger partial charge in [-0.3, -0.25) is 0 Å². The summed E-state index contributed by atoms with van der Waals surface area (Å²) < 4.78 is 27.8. The van der Waals surface area contributed by atoms with Crippen molar-refractivity contribution in [3.63, 3.8) is 0 Å². The number of hydrogen-bond donors (Lipinski definition) is 2. The van der Waals surface area contributed by atoms with E-state index >= 15 is 0 Å². The Labute approximate surface area is 113 Å². The van der Waals surface area contributed by atoms with Crippen LogP contribution in [-0.4, -0.2) is 25.7 Å². The van der Waals surface area contributed by atoms with Gasteiger partial charge in [-0.1, -0.05) is 0 Å². The minimum Gasteiger partial charge on any atom is -0.393 e. The molecule has 0 amide bonds. The first kappa shape index (κ1) is 13.5. The number of rotatable bonds is 3. The molecule has 0 spiro atoms. The van der Waals surface area contributed by atoms with E-state index in [4.69, 9.17) is 0 Å². The van der Waals surface area contributed by atoms with Crippen molar-refractivity contribution in [2.75, 3.05) is 0 Å². The monoisotopic (exact) mass is 339 g/mol. The quantitative estimate of drug-likeness (QED) is 0.886. The summed E-state index contributed by atoms with van der Waals surface area (Å²) in [5.74, 6) is 0. The first-order valence-corrected chi connectivity index (χ1v) is 8.52. The molecule has 1 aromatic heterocycles. The molecule has 2 N–H and O–H groups in total. The highest BCUT2D eigenvalue weighted by Crippen LogP contribution is 2.27. The minimum atomic E-state index is -3.44. The van der Waals surface area contributed by atoms with Crippen molar-refractivity contribution in [1.29, 1.82) is 0 Å². The van der Waals surface area contributed by atoms with Crippen LogP contribution in [0.2, 0.25) is 0 Å². The van der Waals surface area contributed by atoms with Gasteiger partial charge in [0.25, 0.3) is 0 Å². The molecule has 1 aliphatic carbocycles. The van der Waals surface area contributed by atoms with E-state index < -0.39 is 10.0 Å². The maximum Gasteiger partial charge on any atom is 0.250 e. The molecule has 1 saturated carbocycles. The fourth-order valence-electron chi connectivity index (χ4n) is 1.99. The molecule has 0 aliphatic heterocycles. The highest BCUT2D eigenvalue weighted by Gasteiger charge is 2.26. The first-order valence-electron chi connectivity index (χ1n) is 5.43.